The van der Waals surface area contributed by atoms with E-state index in [9.17, 15) is 0 Å². The number of hydrogen-bond donors (Lipinski definition) is 0. The molecule has 0 saturated carbocycles. The monoisotopic (exact) mass is 771 g/mol. The van der Waals surface area contributed by atoms with Gasteiger partial charge in [-0.2, -0.15) is 0 Å². The summed E-state index contributed by atoms with van der Waals surface area (Å²) in [7, 11) is 0. The molecule has 0 unspecified atom stereocenters. The number of hydrogen-bond acceptors (Lipinski definition) is 0. The van der Waals surface area contributed by atoms with Gasteiger partial charge in [0, 0.05) is 5.92 Å². The minimum atomic E-state index is 0. The van der Waals surface area contributed by atoms with E-state index in [0.29, 0.717) is 9.54 Å². The Hall–Kier alpha value is -4.26. The zero-order chi connectivity index (χ0) is 32.9. The van der Waals surface area contributed by atoms with Crippen molar-refractivity contribution in [3.63, 3.8) is 0 Å². The Morgan fingerprint density at radius 3 is 1.24 bits per heavy atom. The Balaban J connectivity index is 0.000000201. The van der Waals surface area contributed by atoms with Crippen molar-refractivity contribution in [1.82, 2.24) is 0 Å². The maximum atomic E-state index is 2.44. The summed E-state index contributed by atoms with van der Waals surface area (Å²) >= 11 is 1.54. The average molecular weight is 774 g/mol. The maximum absolute atomic E-state index is 2.44. The SMILES string of the molecule is CCC1c2ccccc2-c2ccccc21.[Cl-].[Cl-].[Zr+2][CH]1c2cc(-c3cccc4ccccc34)ccc2-c2ccc(-c3cccc4ccccc34)cc21. The van der Waals surface area contributed by atoms with Gasteiger partial charge in [-0.1, -0.05) is 55.5 Å². The zero-order valence-corrected chi connectivity index (χ0v) is 32.3. The molecule has 0 radical (unpaired) electrons. The number of benzene rings is 8. The summed E-state index contributed by atoms with van der Waals surface area (Å²) in [5, 5.41) is 5.23. The fraction of sp³-hybridized carbons (Fsp3) is 0.0833. The van der Waals surface area contributed by atoms with Gasteiger partial charge in [0.1, 0.15) is 0 Å². The van der Waals surface area contributed by atoms with Crippen molar-refractivity contribution in [1.29, 1.82) is 0 Å². The van der Waals surface area contributed by atoms with E-state index in [1.807, 2.05) is 0 Å². The summed E-state index contributed by atoms with van der Waals surface area (Å²) in [5.41, 5.74) is 16.8. The van der Waals surface area contributed by atoms with E-state index < -0.39 is 0 Å². The van der Waals surface area contributed by atoms with Crippen molar-refractivity contribution >= 4 is 21.5 Å². The van der Waals surface area contributed by atoms with Gasteiger partial charge in [-0.25, -0.2) is 0 Å². The first-order valence-electron chi connectivity index (χ1n) is 17.3. The Kier molecular flexibility index (Phi) is 10.2. The summed E-state index contributed by atoms with van der Waals surface area (Å²) in [5.74, 6) is 0.609. The normalized spacial score (nSPS) is 12.5. The number of rotatable bonds is 3. The van der Waals surface area contributed by atoms with Gasteiger partial charge in [-0.3, -0.25) is 0 Å². The summed E-state index contributed by atoms with van der Waals surface area (Å²) < 4.78 is 0.460. The van der Waals surface area contributed by atoms with Crippen LogP contribution >= 0.6 is 0 Å². The topological polar surface area (TPSA) is 0 Å². The van der Waals surface area contributed by atoms with Crippen LogP contribution in [0, 0.1) is 0 Å². The predicted octanol–water partition coefficient (Wildman–Crippen LogP) is 7.16. The van der Waals surface area contributed by atoms with E-state index in [-0.39, 0.29) is 24.8 Å². The van der Waals surface area contributed by atoms with Crippen LogP contribution in [-0.4, -0.2) is 0 Å². The third kappa shape index (κ3) is 6.10. The molecule has 8 aromatic carbocycles. The van der Waals surface area contributed by atoms with Crippen LogP contribution in [0.3, 0.4) is 0 Å². The molecule has 0 spiro atoms. The molecule has 10 rings (SSSR count). The molecule has 0 N–H and O–H groups in total. The van der Waals surface area contributed by atoms with Crippen molar-refractivity contribution in [3.8, 4) is 44.5 Å². The third-order valence-corrected chi connectivity index (χ3v) is 12.1. The van der Waals surface area contributed by atoms with Crippen LogP contribution in [-0.2, 0) is 24.7 Å². The van der Waals surface area contributed by atoms with E-state index in [0.717, 1.165) is 0 Å². The second-order valence-electron chi connectivity index (χ2n) is 13.2. The van der Waals surface area contributed by atoms with E-state index >= 15 is 0 Å². The van der Waals surface area contributed by atoms with Crippen molar-refractivity contribution in [2.75, 3.05) is 0 Å². The Morgan fingerprint density at radius 2 is 0.765 bits per heavy atom. The number of halogens is 2. The van der Waals surface area contributed by atoms with Gasteiger partial charge in [0.15, 0.2) is 0 Å². The first-order chi connectivity index (χ1) is 24.2. The first-order valence-corrected chi connectivity index (χ1v) is 18.8. The number of fused-ring (bicyclic) bond motifs is 8. The first kappa shape index (κ1) is 35.2. The molecule has 51 heavy (non-hydrogen) atoms. The molecule has 0 bridgehead atoms. The van der Waals surface area contributed by atoms with Gasteiger partial charge in [0.2, 0.25) is 0 Å². The Bertz CT molecular complexity index is 2350. The van der Waals surface area contributed by atoms with E-state index in [1.54, 1.807) is 0 Å². The molecule has 0 fully saturated rings. The molecule has 0 aliphatic heterocycles. The van der Waals surface area contributed by atoms with Crippen LogP contribution in [0.2, 0.25) is 0 Å². The van der Waals surface area contributed by atoms with E-state index in [2.05, 4.69) is 177 Å². The molecule has 0 amide bonds. The molecule has 0 nitrogen and oxygen atoms in total. The molecule has 245 valence electrons. The zero-order valence-electron chi connectivity index (χ0n) is 28.3. The van der Waals surface area contributed by atoms with Crippen molar-refractivity contribution < 1.29 is 49.5 Å². The van der Waals surface area contributed by atoms with E-state index in [1.165, 1.54) is 119 Å². The Morgan fingerprint density at radius 1 is 0.392 bits per heavy atom. The molecular formula is C48H35Cl2Zr. The van der Waals surface area contributed by atoms with Crippen molar-refractivity contribution in [3.05, 3.63) is 192 Å². The summed E-state index contributed by atoms with van der Waals surface area (Å²) in [6, 6.07) is 62.3. The van der Waals surface area contributed by atoms with Crippen molar-refractivity contribution in [2.45, 2.75) is 22.9 Å². The van der Waals surface area contributed by atoms with Crippen LogP contribution in [0.25, 0.3) is 66.1 Å². The molecule has 8 aromatic rings. The minimum absolute atomic E-state index is 0. The molecule has 0 heterocycles. The van der Waals surface area contributed by atoms with Gasteiger partial charge >= 0.3 is 216 Å². The average Bonchev–Trinajstić information content (AvgIpc) is 3.65. The Labute approximate surface area is 328 Å². The molecule has 2 aliphatic carbocycles. The molecule has 0 atom stereocenters. The summed E-state index contributed by atoms with van der Waals surface area (Å²) in [6.45, 7) is 2.27. The van der Waals surface area contributed by atoms with Gasteiger partial charge in [-0.05, 0) is 28.7 Å². The van der Waals surface area contributed by atoms with Crippen molar-refractivity contribution in [2.24, 2.45) is 0 Å². The molecular weight excluding hydrogens is 739 g/mol. The van der Waals surface area contributed by atoms with Gasteiger partial charge in [0.05, 0.1) is 0 Å². The molecule has 2 aliphatic rings. The predicted molar refractivity (Wildman–Crippen MR) is 204 cm³/mol. The molecule has 0 saturated heterocycles. The van der Waals surface area contributed by atoms with Gasteiger partial charge < -0.3 is 24.8 Å². The molecule has 0 aromatic heterocycles. The van der Waals surface area contributed by atoms with Crippen LogP contribution in [0.15, 0.2) is 170 Å². The van der Waals surface area contributed by atoms with Crippen LogP contribution < -0.4 is 24.8 Å². The third-order valence-electron chi connectivity index (χ3n) is 10.6. The second-order valence-corrected chi connectivity index (χ2v) is 14.6. The molecule has 3 heteroatoms. The van der Waals surface area contributed by atoms with E-state index in [4.69, 9.17) is 0 Å². The van der Waals surface area contributed by atoms with Gasteiger partial charge in [0.25, 0.3) is 0 Å². The fourth-order valence-electron chi connectivity index (χ4n) is 8.25. The summed E-state index contributed by atoms with van der Waals surface area (Å²) in [4.78, 5) is 0. The van der Waals surface area contributed by atoms with Gasteiger partial charge in [-0.15, -0.1) is 0 Å². The van der Waals surface area contributed by atoms with Crippen LogP contribution in [0.1, 0.15) is 45.1 Å². The quantitative estimate of drug-likeness (QED) is 0.179. The fourth-order valence-corrected chi connectivity index (χ4v) is 9.42. The second kappa shape index (κ2) is 14.8. The summed E-state index contributed by atoms with van der Waals surface area (Å²) in [6.07, 6.45) is 1.19. The standard InChI is InChI=1S/C33H21.C15H14.2ClH.Zr/c1-3-11-28-22(7-1)9-5-13-30(28)24-15-17-32-26(19-24)21-27-20-25(16-18-33(27)32)31-14-6-10-23-8-2-4-12-29(23)31;1-2-11-12-7-3-5-9-14(12)15-10-6-4-8-13(11)15;;;/h1-21H;3-11H,2H2,1H3;2*1H;/q;;;;+2/p-2. The van der Waals surface area contributed by atoms with Crippen LogP contribution in [0.4, 0.5) is 0 Å². The van der Waals surface area contributed by atoms with Crippen LogP contribution in [0.5, 0.6) is 0 Å².